The molecule has 0 saturated carbocycles. The van der Waals surface area contributed by atoms with Crippen LogP contribution in [0.15, 0.2) is 36.5 Å². The lowest BCUT2D eigenvalue weighted by atomic mass is 10.2. The molecular weight excluding hydrogens is 242 g/mol. The second kappa shape index (κ2) is 5.26. The number of nitrogens with two attached hydrogens (primary N) is 1. The summed E-state index contributed by atoms with van der Waals surface area (Å²) >= 11 is 0. The highest BCUT2D eigenvalue weighted by Crippen LogP contribution is 2.06. The fourth-order valence-corrected chi connectivity index (χ4v) is 1.50. The Morgan fingerprint density at radius 2 is 2.00 bits per heavy atom. The van der Waals surface area contributed by atoms with Gasteiger partial charge in [-0.3, -0.25) is 10.2 Å². The van der Waals surface area contributed by atoms with Crippen molar-refractivity contribution in [2.75, 3.05) is 5.73 Å². The van der Waals surface area contributed by atoms with E-state index in [2.05, 4.69) is 15.3 Å². The van der Waals surface area contributed by atoms with Crippen LogP contribution in [0.4, 0.5) is 5.82 Å². The second-order valence-electron chi connectivity index (χ2n) is 3.94. The van der Waals surface area contributed by atoms with E-state index in [4.69, 9.17) is 11.1 Å². The number of rotatable bonds is 2. The number of aryl methyl sites for hydroxylation is 1. The smallest absolute Gasteiger partial charge is 0.279 e. The summed E-state index contributed by atoms with van der Waals surface area (Å²) in [6.07, 6.45) is 1.48. The minimum absolute atomic E-state index is 0.00620. The summed E-state index contributed by atoms with van der Waals surface area (Å²) < 4.78 is 0. The zero-order valence-corrected chi connectivity index (χ0v) is 10.3. The van der Waals surface area contributed by atoms with Crippen molar-refractivity contribution in [1.82, 2.24) is 15.3 Å². The van der Waals surface area contributed by atoms with E-state index in [1.807, 2.05) is 6.07 Å². The lowest BCUT2D eigenvalue weighted by Crippen LogP contribution is -2.32. The minimum atomic E-state index is -0.539. The van der Waals surface area contributed by atoms with Crippen LogP contribution in [0.1, 0.15) is 21.7 Å². The average Bonchev–Trinajstić information content (AvgIpc) is 2.42. The lowest BCUT2D eigenvalue weighted by molar-refractivity contribution is 0.0972. The van der Waals surface area contributed by atoms with E-state index in [0.29, 0.717) is 11.3 Å². The van der Waals surface area contributed by atoms with Gasteiger partial charge in [0, 0.05) is 5.56 Å². The number of hydrogen-bond acceptors (Lipinski definition) is 5. The number of amides is 1. The van der Waals surface area contributed by atoms with Gasteiger partial charge < -0.3 is 11.1 Å². The second-order valence-corrected chi connectivity index (χ2v) is 3.94. The number of aromatic nitrogens is 2. The molecule has 0 bridgehead atoms. The normalized spacial score (nSPS) is 9.95. The molecule has 2 rings (SSSR count). The molecule has 4 N–H and O–H groups in total. The van der Waals surface area contributed by atoms with Crippen molar-refractivity contribution in [3.63, 3.8) is 0 Å². The first-order valence-corrected chi connectivity index (χ1v) is 5.62. The van der Waals surface area contributed by atoms with Gasteiger partial charge in [0.05, 0.1) is 11.9 Å². The molecule has 2 aromatic rings. The molecule has 0 aliphatic carbocycles. The predicted octanol–water partition coefficient (Wildman–Crippen LogP) is 1.12. The van der Waals surface area contributed by atoms with Crippen LogP contribution in [-0.4, -0.2) is 21.7 Å². The van der Waals surface area contributed by atoms with E-state index in [-0.39, 0.29) is 17.3 Å². The number of nitrogens with zero attached hydrogens (tertiary/aromatic N) is 2. The third-order valence-electron chi connectivity index (χ3n) is 2.44. The number of hydrogen-bond donors (Lipinski definition) is 3. The summed E-state index contributed by atoms with van der Waals surface area (Å²) in [7, 11) is 0. The number of amidine groups is 1. The topological polar surface area (TPSA) is 105 Å². The SMILES string of the molecule is Cc1cnc(N)c(C(=O)NC(=N)c2ccccc2)n1. The van der Waals surface area contributed by atoms with Crippen molar-refractivity contribution in [3.8, 4) is 0 Å². The number of anilines is 1. The van der Waals surface area contributed by atoms with Crippen molar-refractivity contribution in [1.29, 1.82) is 5.41 Å². The first-order chi connectivity index (χ1) is 9.08. The maximum absolute atomic E-state index is 12.0. The monoisotopic (exact) mass is 255 g/mol. The van der Waals surface area contributed by atoms with Crippen LogP contribution < -0.4 is 11.1 Å². The van der Waals surface area contributed by atoms with Crippen molar-refractivity contribution < 1.29 is 4.79 Å². The van der Waals surface area contributed by atoms with Crippen molar-refractivity contribution >= 4 is 17.6 Å². The number of carbonyl (C=O) groups is 1. The maximum Gasteiger partial charge on any atom is 0.279 e. The molecule has 0 aliphatic rings. The number of nitrogens with one attached hydrogen (secondary N) is 2. The molecule has 1 aromatic carbocycles. The Labute approximate surface area is 110 Å². The van der Waals surface area contributed by atoms with E-state index in [1.165, 1.54) is 6.20 Å². The largest absolute Gasteiger partial charge is 0.382 e. The first kappa shape index (κ1) is 12.7. The fraction of sp³-hybridized carbons (Fsp3) is 0.0769. The minimum Gasteiger partial charge on any atom is -0.382 e. The number of benzene rings is 1. The van der Waals surface area contributed by atoms with Crippen LogP contribution in [0, 0.1) is 12.3 Å². The summed E-state index contributed by atoms with van der Waals surface area (Å²) in [5.74, 6) is -0.500. The first-order valence-electron chi connectivity index (χ1n) is 5.62. The van der Waals surface area contributed by atoms with Gasteiger partial charge in [-0.2, -0.15) is 0 Å². The summed E-state index contributed by atoms with van der Waals surface area (Å²) in [5.41, 5.74) is 6.82. The molecule has 0 fully saturated rings. The molecular formula is C13H13N5O. The highest BCUT2D eigenvalue weighted by molar-refractivity contribution is 6.12. The third kappa shape index (κ3) is 2.92. The van der Waals surface area contributed by atoms with Crippen LogP contribution in [0.2, 0.25) is 0 Å². The van der Waals surface area contributed by atoms with Gasteiger partial charge in [-0.05, 0) is 6.92 Å². The van der Waals surface area contributed by atoms with Gasteiger partial charge in [0.1, 0.15) is 5.84 Å². The van der Waals surface area contributed by atoms with E-state index in [1.54, 1.807) is 31.2 Å². The lowest BCUT2D eigenvalue weighted by Gasteiger charge is -2.08. The summed E-state index contributed by atoms with van der Waals surface area (Å²) in [6, 6.07) is 8.87. The third-order valence-corrected chi connectivity index (χ3v) is 2.44. The molecule has 6 nitrogen and oxygen atoms in total. The molecule has 1 aromatic heterocycles. The molecule has 0 aliphatic heterocycles. The fourth-order valence-electron chi connectivity index (χ4n) is 1.50. The van der Waals surface area contributed by atoms with Gasteiger partial charge in [-0.15, -0.1) is 0 Å². The Hall–Kier alpha value is -2.76. The van der Waals surface area contributed by atoms with E-state index in [0.717, 1.165) is 0 Å². The van der Waals surface area contributed by atoms with Crippen LogP contribution in [0.25, 0.3) is 0 Å². The quantitative estimate of drug-likeness (QED) is 0.552. The summed E-state index contributed by atoms with van der Waals surface area (Å²) in [5, 5.41) is 10.3. The van der Waals surface area contributed by atoms with Crippen molar-refractivity contribution in [3.05, 3.63) is 53.5 Å². The van der Waals surface area contributed by atoms with Gasteiger partial charge in [-0.25, -0.2) is 9.97 Å². The zero-order chi connectivity index (χ0) is 13.8. The molecule has 0 spiro atoms. The summed E-state index contributed by atoms with van der Waals surface area (Å²) in [4.78, 5) is 19.9. The Morgan fingerprint density at radius 1 is 1.32 bits per heavy atom. The van der Waals surface area contributed by atoms with Crippen LogP contribution in [0.3, 0.4) is 0 Å². The molecule has 0 saturated heterocycles. The Balaban J connectivity index is 2.18. The molecule has 6 heteroatoms. The zero-order valence-electron chi connectivity index (χ0n) is 10.3. The van der Waals surface area contributed by atoms with Crippen LogP contribution in [-0.2, 0) is 0 Å². The van der Waals surface area contributed by atoms with E-state index in [9.17, 15) is 4.79 Å². The maximum atomic E-state index is 12.0. The highest BCUT2D eigenvalue weighted by Gasteiger charge is 2.15. The highest BCUT2D eigenvalue weighted by atomic mass is 16.2. The molecule has 0 unspecified atom stereocenters. The molecule has 96 valence electrons. The van der Waals surface area contributed by atoms with Gasteiger partial charge in [0.15, 0.2) is 11.5 Å². The Morgan fingerprint density at radius 3 is 2.68 bits per heavy atom. The van der Waals surface area contributed by atoms with Crippen molar-refractivity contribution in [2.24, 2.45) is 0 Å². The Kier molecular flexibility index (Phi) is 3.51. The summed E-state index contributed by atoms with van der Waals surface area (Å²) in [6.45, 7) is 1.71. The Bertz CT molecular complexity index is 624. The van der Waals surface area contributed by atoms with Gasteiger partial charge in [0.25, 0.3) is 5.91 Å². The molecule has 0 atom stereocenters. The molecule has 0 radical (unpaired) electrons. The molecule has 1 heterocycles. The van der Waals surface area contributed by atoms with Crippen LogP contribution >= 0.6 is 0 Å². The standard InChI is InChI=1S/C13H13N5O/c1-8-7-16-12(15)10(17-8)13(19)18-11(14)9-5-3-2-4-6-9/h2-7H,1H3,(H2,15,16)(H2,14,18,19). The number of carbonyl (C=O) groups excluding carboxylic acids is 1. The predicted molar refractivity (Wildman–Crippen MR) is 71.9 cm³/mol. The van der Waals surface area contributed by atoms with Gasteiger partial charge in [-0.1, -0.05) is 30.3 Å². The molecule has 1 amide bonds. The van der Waals surface area contributed by atoms with E-state index < -0.39 is 5.91 Å². The average molecular weight is 255 g/mol. The van der Waals surface area contributed by atoms with Gasteiger partial charge in [0.2, 0.25) is 0 Å². The number of nitrogen functional groups attached to an aromatic ring is 1. The van der Waals surface area contributed by atoms with Gasteiger partial charge >= 0.3 is 0 Å². The van der Waals surface area contributed by atoms with Crippen LogP contribution in [0.5, 0.6) is 0 Å². The van der Waals surface area contributed by atoms with Crippen molar-refractivity contribution in [2.45, 2.75) is 6.92 Å². The van der Waals surface area contributed by atoms with E-state index >= 15 is 0 Å². The molecule has 19 heavy (non-hydrogen) atoms.